The van der Waals surface area contributed by atoms with Gasteiger partial charge in [-0.1, -0.05) is 6.07 Å². The lowest BCUT2D eigenvalue weighted by Crippen LogP contribution is -2.27. The monoisotopic (exact) mass is 353 g/mol. The number of thiophene rings is 1. The smallest absolute Gasteiger partial charge is 0.348 e. The molecular weight excluding hydrogens is 339 g/mol. The minimum atomic E-state index is -4.59. The number of halogens is 3. The topological polar surface area (TPSA) is 46.3 Å². The first-order valence-electron chi connectivity index (χ1n) is 7.52. The predicted molar refractivity (Wildman–Crippen MR) is 84.0 cm³/mol. The second kappa shape index (κ2) is 5.44. The first kappa shape index (κ1) is 15.4. The predicted octanol–water partition coefficient (Wildman–Crippen LogP) is 3.68. The molecule has 3 heterocycles. The molecule has 4 rings (SSSR count). The van der Waals surface area contributed by atoms with Crippen LogP contribution < -0.4 is 4.90 Å². The lowest BCUT2D eigenvalue weighted by molar-refractivity contribution is -0.144. The Morgan fingerprint density at radius 2 is 2.12 bits per heavy atom. The molecule has 0 aromatic carbocycles. The molecule has 0 aliphatic heterocycles. The summed E-state index contributed by atoms with van der Waals surface area (Å²) in [6, 6.07) is 6.08. The molecule has 1 aliphatic carbocycles. The van der Waals surface area contributed by atoms with Crippen LogP contribution in [-0.2, 0) is 12.7 Å². The quantitative estimate of drug-likeness (QED) is 0.718. The van der Waals surface area contributed by atoms with Crippen LogP contribution in [0.2, 0.25) is 0 Å². The number of alkyl halides is 3. The highest BCUT2D eigenvalue weighted by molar-refractivity contribution is 7.09. The third-order valence-corrected chi connectivity index (χ3v) is 4.72. The normalized spacial score (nSPS) is 15.2. The van der Waals surface area contributed by atoms with Crippen molar-refractivity contribution in [3.8, 4) is 0 Å². The highest BCUT2D eigenvalue weighted by Crippen LogP contribution is 2.35. The second-order valence-electron chi connectivity index (χ2n) is 5.84. The van der Waals surface area contributed by atoms with E-state index in [1.165, 1.54) is 4.52 Å². The molecule has 3 aromatic heterocycles. The zero-order valence-electron chi connectivity index (χ0n) is 12.8. The van der Waals surface area contributed by atoms with Crippen molar-refractivity contribution in [3.63, 3.8) is 0 Å². The molecule has 0 bridgehead atoms. The van der Waals surface area contributed by atoms with Crippen LogP contribution in [0.15, 0.2) is 23.6 Å². The van der Waals surface area contributed by atoms with Crippen molar-refractivity contribution in [3.05, 3.63) is 40.0 Å². The van der Waals surface area contributed by atoms with E-state index in [9.17, 15) is 13.2 Å². The van der Waals surface area contributed by atoms with Gasteiger partial charge in [-0.2, -0.15) is 22.7 Å². The van der Waals surface area contributed by atoms with Gasteiger partial charge in [0.1, 0.15) is 5.82 Å². The van der Waals surface area contributed by atoms with Crippen molar-refractivity contribution in [1.82, 2.24) is 19.6 Å². The van der Waals surface area contributed by atoms with Crippen molar-refractivity contribution < 1.29 is 13.2 Å². The summed E-state index contributed by atoms with van der Waals surface area (Å²) in [6.45, 7) is 2.39. The maximum absolute atomic E-state index is 13.0. The number of aryl methyl sites for hydroxylation is 1. The molecule has 126 valence electrons. The Balaban J connectivity index is 1.82. The van der Waals surface area contributed by atoms with Gasteiger partial charge < -0.3 is 4.90 Å². The largest absolute Gasteiger partial charge is 0.453 e. The van der Waals surface area contributed by atoms with Gasteiger partial charge in [0.2, 0.25) is 0 Å². The molecule has 0 radical (unpaired) electrons. The number of anilines is 1. The number of fused-ring (bicyclic) bond motifs is 1. The summed E-state index contributed by atoms with van der Waals surface area (Å²) in [4.78, 5) is 10.9. The summed E-state index contributed by atoms with van der Waals surface area (Å²) in [6.07, 6.45) is -2.54. The maximum atomic E-state index is 13.0. The van der Waals surface area contributed by atoms with Gasteiger partial charge in [-0.15, -0.1) is 16.4 Å². The summed E-state index contributed by atoms with van der Waals surface area (Å²) in [7, 11) is 0. The van der Waals surface area contributed by atoms with Gasteiger partial charge in [0.15, 0.2) is 0 Å². The number of hydrogen-bond donors (Lipinski definition) is 0. The first-order valence-corrected chi connectivity index (χ1v) is 8.40. The van der Waals surface area contributed by atoms with Crippen molar-refractivity contribution in [2.75, 3.05) is 4.90 Å². The standard InChI is InChI=1S/C15H14F3N5S/c1-9-7-12(22(10-4-5-10)8-11-3-2-6-24-11)23-14(19-9)20-13(21-23)15(16,17)18/h2-3,6-7,10H,4-5,8H2,1H3. The molecule has 1 saturated carbocycles. The Morgan fingerprint density at radius 1 is 1.33 bits per heavy atom. The first-order chi connectivity index (χ1) is 11.4. The van der Waals surface area contributed by atoms with E-state index in [4.69, 9.17) is 0 Å². The van der Waals surface area contributed by atoms with Crippen molar-refractivity contribution in [2.24, 2.45) is 0 Å². The molecule has 1 aliphatic rings. The van der Waals surface area contributed by atoms with E-state index in [0.717, 1.165) is 17.7 Å². The van der Waals surface area contributed by atoms with Gasteiger partial charge in [0.05, 0.1) is 6.54 Å². The summed E-state index contributed by atoms with van der Waals surface area (Å²) in [5.41, 5.74) is 0.621. The van der Waals surface area contributed by atoms with Crippen LogP contribution in [0, 0.1) is 6.92 Å². The van der Waals surface area contributed by atoms with Crippen LogP contribution in [0.5, 0.6) is 0 Å². The number of aromatic nitrogens is 4. The van der Waals surface area contributed by atoms with Gasteiger partial charge in [0, 0.05) is 22.7 Å². The van der Waals surface area contributed by atoms with E-state index in [1.54, 1.807) is 24.3 Å². The summed E-state index contributed by atoms with van der Waals surface area (Å²) >= 11 is 1.63. The molecule has 0 unspecified atom stereocenters. The minimum absolute atomic E-state index is 0.0193. The van der Waals surface area contributed by atoms with E-state index in [-0.39, 0.29) is 5.78 Å². The Labute approximate surface area is 139 Å². The molecule has 5 nitrogen and oxygen atoms in total. The van der Waals surface area contributed by atoms with Crippen LogP contribution >= 0.6 is 11.3 Å². The SMILES string of the molecule is Cc1cc(N(Cc2cccs2)C2CC2)n2nc(C(F)(F)F)nc2n1. The van der Waals surface area contributed by atoms with Crippen molar-refractivity contribution in [1.29, 1.82) is 0 Å². The summed E-state index contributed by atoms with van der Waals surface area (Å²) in [5, 5.41) is 5.66. The second-order valence-corrected chi connectivity index (χ2v) is 6.87. The molecule has 0 amide bonds. The van der Waals surface area contributed by atoms with E-state index >= 15 is 0 Å². The van der Waals surface area contributed by atoms with E-state index < -0.39 is 12.0 Å². The van der Waals surface area contributed by atoms with Gasteiger partial charge in [-0.3, -0.25) is 0 Å². The Kier molecular flexibility index (Phi) is 3.48. The molecule has 0 atom stereocenters. The van der Waals surface area contributed by atoms with Gasteiger partial charge in [-0.25, -0.2) is 4.98 Å². The van der Waals surface area contributed by atoms with Crippen LogP contribution in [0.25, 0.3) is 5.78 Å². The molecule has 0 N–H and O–H groups in total. The van der Waals surface area contributed by atoms with E-state index in [0.29, 0.717) is 24.1 Å². The molecule has 3 aromatic rings. The zero-order valence-corrected chi connectivity index (χ0v) is 13.6. The average Bonchev–Trinajstić information content (AvgIpc) is 3.04. The molecule has 0 spiro atoms. The van der Waals surface area contributed by atoms with E-state index in [1.807, 2.05) is 17.5 Å². The van der Waals surface area contributed by atoms with E-state index in [2.05, 4.69) is 20.0 Å². The van der Waals surface area contributed by atoms with Crippen LogP contribution in [-0.4, -0.2) is 25.6 Å². The number of nitrogens with zero attached hydrogens (tertiary/aromatic N) is 5. The highest BCUT2D eigenvalue weighted by Gasteiger charge is 2.38. The lowest BCUT2D eigenvalue weighted by atomic mass is 10.3. The zero-order chi connectivity index (χ0) is 16.9. The fourth-order valence-corrected chi connectivity index (χ4v) is 3.35. The third kappa shape index (κ3) is 2.83. The number of hydrogen-bond acceptors (Lipinski definition) is 5. The molecule has 9 heteroatoms. The number of rotatable bonds is 4. The summed E-state index contributed by atoms with van der Waals surface area (Å²) in [5.74, 6) is -0.570. The lowest BCUT2D eigenvalue weighted by Gasteiger charge is -2.24. The van der Waals surface area contributed by atoms with Crippen LogP contribution in [0.4, 0.5) is 19.0 Å². The van der Waals surface area contributed by atoms with Crippen LogP contribution in [0.3, 0.4) is 0 Å². The fourth-order valence-electron chi connectivity index (χ4n) is 2.65. The Hall–Kier alpha value is -2.16. The summed E-state index contributed by atoms with van der Waals surface area (Å²) < 4.78 is 40.1. The van der Waals surface area contributed by atoms with Crippen molar-refractivity contribution in [2.45, 2.75) is 38.5 Å². The van der Waals surface area contributed by atoms with Crippen molar-refractivity contribution >= 4 is 22.9 Å². The average molecular weight is 353 g/mol. The van der Waals surface area contributed by atoms with Gasteiger partial charge >= 0.3 is 6.18 Å². The molecule has 24 heavy (non-hydrogen) atoms. The molecule has 1 fully saturated rings. The van der Waals surface area contributed by atoms with Crippen LogP contribution in [0.1, 0.15) is 29.2 Å². The molecule has 0 saturated heterocycles. The Bertz CT molecular complexity index is 867. The van der Waals surface area contributed by atoms with Gasteiger partial charge in [0.25, 0.3) is 11.6 Å². The minimum Gasteiger partial charge on any atom is -0.348 e. The molecular formula is C15H14F3N5S. The highest BCUT2D eigenvalue weighted by atomic mass is 32.1. The Morgan fingerprint density at radius 3 is 2.75 bits per heavy atom. The van der Waals surface area contributed by atoms with Gasteiger partial charge in [-0.05, 0) is 31.2 Å². The fraction of sp³-hybridized carbons (Fsp3) is 0.400. The maximum Gasteiger partial charge on any atom is 0.453 e. The third-order valence-electron chi connectivity index (χ3n) is 3.86.